The van der Waals surface area contributed by atoms with Gasteiger partial charge in [0.15, 0.2) is 11.5 Å². The van der Waals surface area contributed by atoms with Gasteiger partial charge in [-0.2, -0.15) is 5.26 Å². The molecule has 23 heavy (non-hydrogen) atoms. The van der Waals surface area contributed by atoms with Gasteiger partial charge in [0.2, 0.25) is 0 Å². The van der Waals surface area contributed by atoms with E-state index in [0.717, 1.165) is 25.7 Å². The van der Waals surface area contributed by atoms with Crippen molar-refractivity contribution in [1.82, 2.24) is 5.32 Å². The lowest BCUT2D eigenvalue weighted by Crippen LogP contribution is -2.36. The molecule has 2 rings (SSSR count). The van der Waals surface area contributed by atoms with Gasteiger partial charge in [-0.05, 0) is 52.5 Å². The van der Waals surface area contributed by atoms with E-state index in [1.165, 1.54) is 19.6 Å². The first-order chi connectivity index (χ1) is 11.0. The molecule has 1 aliphatic carbocycles. The average Bonchev–Trinajstić information content (AvgIpc) is 2.56. The average molecular weight is 379 g/mol. The molecule has 6 heteroatoms. The zero-order valence-corrected chi connectivity index (χ0v) is 14.5. The number of nitriles is 1. The Labute approximate surface area is 144 Å². The molecule has 0 bridgehead atoms. The maximum atomic E-state index is 12.3. The molecule has 1 fully saturated rings. The Morgan fingerprint density at radius 1 is 1.43 bits per heavy atom. The summed E-state index contributed by atoms with van der Waals surface area (Å²) < 4.78 is 5.51. The van der Waals surface area contributed by atoms with Crippen LogP contribution in [-0.2, 0) is 4.79 Å². The van der Waals surface area contributed by atoms with Crippen LogP contribution in [0.25, 0.3) is 6.08 Å². The van der Waals surface area contributed by atoms with Crippen LogP contribution in [0.4, 0.5) is 0 Å². The third kappa shape index (κ3) is 4.49. The molecule has 0 atom stereocenters. The standard InChI is InChI=1S/C17H19BrN2O3/c1-23-15-9-11(8-14(18)16(15)21)7-12(10-19)17(22)20-13-5-3-2-4-6-13/h7-9,13,21H,2-6H2,1H3,(H,20,22)/b12-7-. The van der Waals surface area contributed by atoms with Crippen molar-refractivity contribution in [2.75, 3.05) is 7.11 Å². The van der Waals surface area contributed by atoms with Crippen LogP contribution in [0, 0.1) is 11.3 Å². The third-order valence-corrected chi connectivity index (χ3v) is 4.49. The van der Waals surface area contributed by atoms with Gasteiger partial charge in [0.05, 0.1) is 11.6 Å². The van der Waals surface area contributed by atoms with Gasteiger partial charge in [-0.3, -0.25) is 4.79 Å². The summed E-state index contributed by atoms with van der Waals surface area (Å²) in [4.78, 5) is 12.3. The Morgan fingerprint density at radius 2 is 2.13 bits per heavy atom. The van der Waals surface area contributed by atoms with E-state index in [0.29, 0.717) is 10.0 Å². The number of phenolic OH excluding ortho intramolecular Hbond substituents is 1. The Balaban J connectivity index is 2.19. The number of carbonyl (C=O) groups is 1. The molecule has 1 aliphatic rings. The monoisotopic (exact) mass is 378 g/mol. The maximum Gasteiger partial charge on any atom is 0.262 e. The second-order valence-electron chi connectivity index (χ2n) is 5.53. The van der Waals surface area contributed by atoms with Crippen LogP contribution in [0.1, 0.15) is 37.7 Å². The van der Waals surface area contributed by atoms with Crippen LogP contribution in [-0.4, -0.2) is 24.2 Å². The number of benzene rings is 1. The molecule has 0 saturated heterocycles. The fourth-order valence-corrected chi connectivity index (χ4v) is 3.12. The molecule has 5 nitrogen and oxygen atoms in total. The van der Waals surface area contributed by atoms with Crippen molar-refractivity contribution < 1.29 is 14.6 Å². The molecule has 0 radical (unpaired) electrons. The summed E-state index contributed by atoms with van der Waals surface area (Å²) in [7, 11) is 1.44. The first-order valence-corrected chi connectivity index (χ1v) is 8.33. The highest BCUT2D eigenvalue weighted by atomic mass is 79.9. The largest absolute Gasteiger partial charge is 0.503 e. The molecule has 0 heterocycles. The third-order valence-electron chi connectivity index (χ3n) is 3.89. The zero-order valence-electron chi connectivity index (χ0n) is 12.9. The molecule has 122 valence electrons. The molecule has 0 aromatic heterocycles. The van der Waals surface area contributed by atoms with Crippen molar-refractivity contribution in [3.63, 3.8) is 0 Å². The predicted molar refractivity (Wildman–Crippen MR) is 91.0 cm³/mol. The van der Waals surface area contributed by atoms with E-state index < -0.39 is 0 Å². The molecule has 2 N–H and O–H groups in total. The molecular formula is C17H19BrN2O3. The normalized spacial score (nSPS) is 15.8. The van der Waals surface area contributed by atoms with Crippen LogP contribution in [0.2, 0.25) is 0 Å². The number of halogens is 1. The van der Waals surface area contributed by atoms with Crippen LogP contribution in [0.3, 0.4) is 0 Å². The Hall–Kier alpha value is -2.00. The van der Waals surface area contributed by atoms with Gasteiger partial charge in [-0.1, -0.05) is 19.3 Å². The van der Waals surface area contributed by atoms with Crippen molar-refractivity contribution in [2.45, 2.75) is 38.1 Å². The lowest BCUT2D eigenvalue weighted by atomic mass is 9.95. The van der Waals surface area contributed by atoms with E-state index in [1.54, 1.807) is 12.1 Å². The summed E-state index contributed by atoms with van der Waals surface area (Å²) in [6.45, 7) is 0. The van der Waals surface area contributed by atoms with Crippen molar-refractivity contribution >= 4 is 27.9 Å². The molecular weight excluding hydrogens is 360 g/mol. The second-order valence-corrected chi connectivity index (χ2v) is 6.39. The maximum absolute atomic E-state index is 12.3. The number of nitrogens with one attached hydrogen (secondary N) is 1. The smallest absolute Gasteiger partial charge is 0.262 e. The van der Waals surface area contributed by atoms with E-state index in [9.17, 15) is 15.2 Å². The van der Waals surface area contributed by atoms with Crippen LogP contribution in [0.15, 0.2) is 22.2 Å². The Kier molecular flexibility index (Phi) is 6.05. The van der Waals surface area contributed by atoms with Crippen molar-refractivity contribution in [2.24, 2.45) is 0 Å². The minimum atomic E-state index is -0.359. The van der Waals surface area contributed by atoms with Gasteiger partial charge in [-0.15, -0.1) is 0 Å². The summed E-state index contributed by atoms with van der Waals surface area (Å²) in [5.74, 6) is -0.104. The van der Waals surface area contributed by atoms with Crippen LogP contribution >= 0.6 is 15.9 Å². The predicted octanol–water partition coefficient (Wildman–Crippen LogP) is 3.52. The van der Waals surface area contributed by atoms with Gasteiger partial charge >= 0.3 is 0 Å². The van der Waals surface area contributed by atoms with Crippen molar-refractivity contribution in [3.8, 4) is 17.6 Å². The Bertz CT molecular complexity index is 659. The summed E-state index contributed by atoms with van der Waals surface area (Å²) in [6.07, 6.45) is 6.84. The second kappa shape index (κ2) is 8.02. The molecule has 0 aliphatic heterocycles. The molecule has 1 saturated carbocycles. The van der Waals surface area contributed by atoms with Gasteiger partial charge in [0, 0.05) is 6.04 Å². The number of nitrogens with zero attached hydrogens (tertiary/aromatic N) is 1. The highest BCUT2D eigenvalue weighted by Crippen LogP contribution is 2.35. The number of amides is 1. The highest BCUT2D eigenvalue weighted by Gasteiger charge is 2.18. The van der Waals surface area contributed by atoms with Gasteiger partial charge < -0.3 is 15.2 Å². The fraction of sp³-hybridized carbons (Fsp3) is 0.412. The van der Waals surface area contributed by atoms with Crippen LogP contribution in [0.5, 0.6) is 11.5 Å². The zero-order chi connectivity index (χ0) is 16.8. The van der Waals surface area contributed by atoms with Crippen LogP contribution < -0.4 is 10.1 Å². The van der Waals surface area contributed by atoms with Gasteiger partial charge in [0.25, 0.3) is 5.91 Å². The molecule has 1 aromatic carbocycles. The van der Waals surface area contributed by atoms with E-state index in [1.807, 2.05) is 6.07 Å². The number of hydrogen-bond acceptors (Lipinski definition) is 4. The molecule has 0 unspecified atom stereocenters. The fourth-order valence-electron chi connectivity index (χ4n) is 2.66. The number of carbonyl (C=O) groups excluding carboxylic acids is 1. The summed E-state index contributed by atoms with van der Waals surface area (Å²) >= 11 is 3.22. The number of ether oxygens (including phenoxy) is 1. The van der Waals surface area contributed by atoms with Crippen molar-refractivity contribution in [3.05, 3.63) is 27.7 Å². The highest BCUT2D eigenvalue weighted by molar-refractivity contribution is 9.10. The van der Waals surface area contributed by atoms with Gasteiger partial charge in [-0.25, -0.2) is 0 Å². The number of phenols is 1. The first-order valence-electron chi connectivity index (χ1n) is 7.54. The number of rotatable bonds is 4. The van der Waals surface area contributed by atoms with Crippen molar-refractivity contribution in [1.29, 1.82) is 5.26 Å². The molecule has 1 aromatic rings. The van der Waals surface area contributed by atoms with E-state index in [2.05, 4.69) is 21.2 Å². The summed E-state index contributed by atoms with van der Waals surface area (Å²) in [5, 5.41) is 22.0. The minimum absolute atomic E-state index is 0.0187. The SMILES string of the molecule is COc1cc(/C=C(/C#N)C(=O)NC2CCCCC2)cc(Br)c1O. The summed E-state index contributed by atoms with van der Waals surface area (Å²) in [5.41, 5.74) is 0.636. The van der Waals surface area contributed by atoms with E-state index in [4.69, 9.17) is 4.74 Å². The minimum Gasteiger partial charge on any atom is -0.503 e. The van der Waals surface area contributed by atoms with E-state index >= 15 is 0 Å². The van der Waals surface area contributed by atoms with E-state index in [-0.39, 0.29) is 29.0 Å². The lowest BCUT2D eigenvalue weighted by Gasteiger charge is -2.22. The molecule has 1 amide bonds. The lowest BCUT2D eigenvalue weighted by molar-refractivity contribution is -0.117. The molecule has 0 spiro atoms. The summed E-state index contributed by atoms with van der Waals surface area (Å²) in [6, 6.07) is 5.29. The quantitative estimate of drug-likeness (QED) is 0.620. The topological polar surface area (TPSA) is 82.3 Å². The number of aromatic hydroxyl groups is 1. The number of methoxy groups -OCH3 is 1. The Morgan fingerprint density at radius 3 is 2.74 bits per heavy atom. The first kappa shape index (κ1) is 17.4. The number of hydrogen-bond donors (Lipinski definition) is 2. The van der Waals surface area contributed by atoms with Gasteiger partial charge in [0.1, 0.15) is 11.6 Å².